The summed E-state index contributed by atoms with van der Waals surface area (Å²) >= 11 is 0. The minimum Gasteiger partial charge on any atom is -0.465 e. The van der Waals surface area contributed by atoms with Gasteiger partial charge in [0.2, 0.25) is 0 Å². The van der Waals surface area contributed by atoms with Crippen LogP contribution >= 0.6 is 0 Å². The maximum atomic E-state index is 13.9. The molecule has 0 aromatic heterocycles. The van der Waals surface area contributed by atoms with Gasteiger partial charge in [-0.1, -0.05) is 29.8 Å². The van der Waals surface area contributed by atoms with Gasteiger partial charge < -0.3 is 10.0 Å². The van der Waals surface area contributed by atoms with Crippen molar-refractivity contribution in [1.29, 1.82) is 0 Å². The molecule has 2 fully saturated rings. The molecule has 1 N–H and O–H groups in total. The van der Waals surface area contributed by atoms with Crippen LogP contribution in [0.15, 0.2) is 24.3 Å². The molecule has 1 aliphatic carbocycles. The first kappa shape index (κ1) is 11.4. The molecule has 3 nitrogen and oxygen atoms in total. The second-order valence-electron chi connectivity index (χ2n) is 5.18. The van der Waals surface area contributed by atoms with Crippen molar-refractivity contribution in [3.8, 4) is 0 Å². The van der Waals surface area contributed by atoms with E-state index in [0.717, 1.165) is 10.5 Å². The van der Waals surface area contributed by atoms with Crippen LogP contribution in [0, 0.1) is 12.8 Å². The van der Waals surface area contributed by atoms with Crippen LogP contribution in [0.2, 0.25) is 0 Å². The summed E-state index contributed by atoms with van der Waals surface area (Å²) in [6, 6.07) is 6.96. The standard InChI is InChI=1S/C13H13F2NO2/c1-8-2-4-9(5-3-8)12-7-16(11(17)18)6-10(12)13(12,14)15/h2-5,10H,6-7H2,1H3,(H,17,18). The van der Waals surface area contributed by atoms with Crippen LogP contribution in [0.1, 0.15) is 11.1 Å². The molecule has 2 unspecified atom stereocenters. The SMILES string of the molecule is Cc1ccc(C23CN(C(=O)O)CC2C3(F)F)cc1. The third-order valence-corrected chi connectivity index (χ3v) is 4.22. The second-order valence-corrected chi connectivity index (χ2v) is 5.18. The summed E-state index contributed by atoms with van der Waals surface area (Å²) < 4.78 is 27.8. The van der Waals surface area contributed by atoms with E-state index in [0.29, 0.717) is 5.56 Å². The van der Waals surface area contributed by atoms with Crippen molar-refractivity contribution < 1.29 is 18.7 Å². The molecule has 1 saturated heterocycles. The molecule has 2 aliphatic rings. The van der Waals surface area contributed by atoms with Gasteiger partial charge in [0.25, 0.3) is 5.92 Å². The highest BCUT2D eigenvalue weighted by atomic mass is 19.3. The number of hydrogen-bond acceptors (Lipinski definition) is 1. The lowest BCUT2D eigenvalue weighted by Crippen LogP contribution is -2.36. The van der Waals surface area contributed by atoms with Crippen molar-refractivity contribution in [2.75, 3.05) is 13.1 Å². The molecule has 96 valence electrons. The fourth-order valence-electron chi connectivity index (χ4n) is 3.09. The molecule has 1 heterocycles. The first-order valence-electron chi connectivity index (χ1n) is 5.82. The Bertz CT molecular complexity index is 514. The smallest absolute Gasteiger partial charge is 0.407 e. The highest BCUT2D eigenvalue weighted by molar-refractivity contribution is 5.67. The molecule has 3 rings (SSSR count). The molecule has 1 aromatic rings. The molecule has 0 spiro atoms. The molecule has 1 saturated carbocycles. The van der Waals surface area contributed by atoms with Gasteiger partial charge in [-0.25, -0.2) is 13.6 Å². The summed E-state index contributed by atoms with van der Waals surface area (Å²) in [6.45, 7) is 1.71. The number of likely N-dealkylation sites (tertiary alicyclic amines) is 1. The predicted molar refractivity (Wildman–Crippen MR) is 60.9 cm³/mol. The van der Waals surface area contributed by atoms with Crippen LogP contribution < -0.4 is 0 Å². The number of carboxylic acid groups (broad SMARTS) is 1. The Morgan fingerprint density at radius 3 is 2.56 bits per heavy atom. The van der Waals surface area contributed by atoms with Gasteiger partial charge >= 0.3 is 6.09 Å². The molecule has 1 aromatic carbocycles. The Hall–Kier alpha value is -1.65. The molecule has 18 heavy (non-hydrogen) atoms. The minimum absolute atomic E-state index is 0.0732. The highest BCUT2D eigenvalue weighted by Crippen LogP contribution is 2.70. The maximum Gasteiger partial charge on any atom is 0.407 e. The van der Waals surface area contributed by atoms with Crippen LogP contribution in [-0.4, -0.2) is 35.1 Å². The summed E-state index contributed by atoms with van der Waals surface area (Å²) in [5.74, 6) is -3.65. The lowest BCUT2D eigenvalue weighted by molar-refractivity contribution is 0.0450. The number of alkyl halides is 2. The summed E-state index contributed by atoms with van der Waals surface area (Å²) in [7, 11) is 0. The number of hydrogen-bond donors (Lipinski definition) is 1. The van der Waals surface area contributed by atoms with Gasteiger partial charge in [-0.15, -0.1) is 0 Å². The van der Waals surface area contributed by atoms with Gasteiger partial charge in [-0.2, -0.15) is 0 Å². The zero-order valence-corrected chi connectivity index (χ0v) is 9.86. The molecule has 1 aliphatic heterocycles. The Balaban J connectivity index is 1.98. The zero-order chi connectivity index (χ0) is 13.1. The van der Waals surface area contributed by atoms with Gasteiger partial charge in [0, 0.05) is 13.1 Å². The first-order valence-corrected chi connectivity index (χ1v) is 5.82. The van der Waals surface area contributed by atoms with E-state index in [1.54, 1.807) is 24.3 Å². The predicted octanol–water partition coefficient (Wildman–Crippen LogP) is 2.49. The van der Waals surface area contributed by atoms with Gasteiger partial charge in [0.15, 0.2) is 0 Å². The van der Waals surface area contributed by atoms with Crippen molar-refractivity contribution in [2.45, 2.75) is 18.3 Å². The van der Waals surface area contributed by atoms with E-state index in [1.165, 1.54) is 0 Å². The highest BCUT2D eigenvalue weighted by Gasteiger charge is 2.84. The molecular weight excluding hydrogens is 240 g/mol. The van der Waals surface area contributed by atoms with Gasteiger partial charge in [0.1, 0.15) is 0 Å². The molecule has 5 heteroatoms. The van der Waals surface area contributed by atoms with Crippen LogP contribution in [-0.2, 0) is 5.41 Å². The molecule has 0 bridgehead atoms. The number of fused-ring (bicyclic) bond motifs is 1. The van der Waals surface area contributed by atoms with Crippen LogP contribution in [0.25, 0.3) is 0 Å². The van der Waals surface area contributed by atoms with E-state index in [1.807, 2.05) is 6.92 Å². The fraction of sp³-hybridized carbons (Fsp3) is 0.462. The van der Waals surface area contributed by atoms with Crippen molar-refractivity contribution >= 4 is 6.09 Å². The van der Waals surface area contributed by atoms with E-state index < -0.39 is 23.3 Å². The van der Waals surface area contributed by atoms with E-state index in [-0.39, 0.29) is 13.1 Å². The monoisotopic (exact) mass is 253 g/mol. The third kappa shape index (κ3) is 1.19. The topological polar surface area (TPSA) is 40.5 Å². The number of amides is 1. The second kappa shape index (κ2) is 3.22. The number of halogens is 2. The lowest BCUT2D eigenvalue weighted by atomic mass is 9.93. The molecular formula is C13H13F2NO2. The zero-order valence-electron chi connectivity index (χ0n) is 9.86. The van der Waals surface area contributed by atoms with E-state index >= 15 is 0 Å². The fourth-order valence-corrected chi connectivity index (χ4v) is 3.09. The van der Waals surface area contributed by atoms with E-state index in [2.05, 4.69) is 0 Å². The van der Waals surface area contributed by atoms with Gasteiger partial charge in [0.05, 0.1) is 11.3 Å². The number of carbonyl (C=O) groups is 1. The number of piperidine rings is 1. The normalized spacial score (nSPS) is 32.2. The van der Waals surface area contributed by atoms with Crippen molar-refractivity contribution in [3.63, 3.8) is 0 Å². The summed E-state index contributed by atoms with van der Waals surface area (Å²) in [5.41, 5.74) is 0.259. The summed E-state index contributed by atoms with van der Waals surface area (Å²) in [6.07, 6.45) is -1.12. The summed E-state index contributed by atoms with van der Waals surface area (Å²) in [5, 5.41) is 8.91. The van der Waals surface area contributed by atoms with Gasteiger partial charge in [-0.05, 0) is 12.5 Å². The van der Waals surface area contributed by atoms with Gasteiger partial charge in [-0.3, -0.25) is 0 Å². The Morgan fingerprint density at radius 1 is 1.39 bits per heavy atom. The Morgan fingerprint density at radius 2 is 2.00 bits per heavy atom. The summed E-state index contributed by atoms with van der Waals surface area (Å²) in [4.78, 5) is 12.0. The Kier molecular flexibility index (Phi) is 2.04. The number of benzene rings is 1. The van der Waals surface area contributed by atoms with Crippen LogP contribution in [0.3, 0.4) is 0 Å². The van der Waals surface area contributed by atoms with Crippen LogP contribution in [0.5, 0.6) is 0 Å². The van der Waals surface area contributed by atoms with Crippen molar-refractivity contribution in [2.24, 2.45) is 5.92 Å². The third-order valence-electron chi connectivity index (χ3n) is 4.22. The maximum absolute atomic E-state index is 13.9. The largest absolute Gasteiger partial charge is 0.465 e. The number of rotatable bonds is 1. The van der Waals surface area contributed by atoms with E-state index in [9.17, 15) is 13.6 Å². The van der Waals surface area contributed by atoms with E-state index in [4.69, 9.17) is 5.11 Å². The van der Waals surface area contributed by atoms with Crippen molar-refractivity contribution in [1.82, 2.24) is 4.90 Å². The molecule has 1 amide bonds. The number of nitrogens with zero attached hydrogens (tertiary/aromatic N) is 1. The van der Waals surface area contributed by atoms with Crippen LogP contribution in [0.4, 0.5) is 13.6 Å². The average Bonchev–Trinajstić information content (AvgIpc) is 2.64. The quantitative estimate of drug-likeness (QED) is 0.835. The lowest BCUT2D eigenvalue weighted by Gasteiger charge is -2.21. The first-order chi connectivity index (χ1) is 8.39. The minimum atomic E-state index is -2.78. The average molecular weight is 253 g/mol. The number of aryl methyl sites for hydroxylation is 1. The van der Waals surface area contributed by atoms with Crippen molar-refractivity contribution in [3.05, 3.63) is 35.4 Å². The molecule has 2 atom stereocenters. The Labute approximate surface area is 103 Å². The molecule has 0 radical (unpaired) electrons.